The summed E-state index contributed by atoms with van der Waals surface area (Å²) in [7, 11) is 2.78. The van der Waals surface area contributed by atoms with E-state index in [4.69, 9.17) is 11.6 Å². The number of benzene rings is 1. The van der Waals surface area contributed by atoms with E-state index in [0.29, 0.717) is 0 Å². The summed E-state index contributed by atoms with van der Waals surface area (Å²) in [6.07, 6.45) is 11.2. The zero-order valence-corrected chi connectivity index (χ0v) is 22.7. The molecule has 1 atom stereocenters. The Balaban J connectivity index is 0.000000282. The van der Waals surface area contributed by atoms with Gasteiger partial charge in [-0.2, -0.15) is 0 Å². The number of halogens is 1. The smallest absolute Gasteiger partial charge is 0.0412 e. The molecule has 172 valence electrons. The Bertz CT molecular complexity index is 1040. The van der Waals surface area contributed by atoms with Gasteiger partial charge < -0.3 is 5.32 Å². The number of nitrogens with zero attached hydrogens (tertiary/aromatic N) is 1. The van der Waals surface area contributed by atoms with E-state index in [9.17, 15) is 0 Å². The molecule has 0 aliphatic carbocycles. The third-order valence-corrected chi connectivity index (χ3v) is 7.51. The van der Waals surface area contributed by atoms with Crippen molar-refractivity contribution < 1.29 is 0 Å². The van der Waals surface area contributed by atoms with Crippen LogP contribution in [0, 0.1) is 0 Å². The molecule has 0 spiro atoms. The van der Waals surface area contributed by atoms with Crippen LogP contribution in [-0.4, -0.2) is 11.5 Å². The SMILES string of the molecule is C/C(=C(\C)c1cc(Cl)ccc1P)c1cc2cnccc2s1.C/C=C(\C)NCCCCCC. The molecule has 32 heavy (non-hydrogen) atoms. The van der Waals surface area contributed by atoms with Gasteiger partial charge in [0.2, 0.25) is 0 Å². The number of pyridine rings is 1. The first-order valence-electron chi connectivity index (χ1n) is 11.3. The number of unbranched alkanes of at least 4 members (excludes halogenated alkanes) is 3. The van der Waals surface area contributed by atoms with Crippen LogP contribution in [0.2, 0.25) is 5.02 Å². The van der Waals surface area contributed by atoms with Crippen LogP contribution < -0.4 is 10.6 Å². The molecule has 0 aliphatic heterocycles. The molecular formula is C27H36ClN2PS. The molecule has 0 fully saturated rings. The number of allylic oxidation sites excluding steroid dienone is 4. The lowest BCUT2D eigenvalue weighted by molar-refractivity contribution is 0.635. The maximum absolute atomic E-state index is 6.14. The fraction of sp³-hybridized carbons (Fsp3) is 0.370. The molecule has 5 heteroatoms. The molecule has 1 aromatic carbocycles. The minimum absolute atomic E-state index is 0.767. The maximum atomic E-state index is 6.14. The normalized spacial score (nSPS) is 12.3. The van der Waals surface area contributed by atoms with Crippen LogP contribution in [0.25, 0.3) is 21.2 Å². The molecule has 0 amide bonds. The average Bonchev–Trinajstić information content (AvgIpc) is 3.24. The van der Waals surface area contributed by atoms with Crippen molar-refractivity contribution in [1.29, 1.82) is 0 Å². The summed E-state index contributed by atoms with van der Waals surface area (Å²) in [6, 6.07) is 10.2. The van der Waals surface area contributed by atoms with Crippen molar-refractivity contribution in [3.63, 3.8) is 0 Å². The van der Waals surface area contributed by atoms with Crippen LogP contribution in [-0.2, 0) is 0 Å². The van der Waals surface area contributed by atoms with Crippen LogP contribution >= 0.6 is 32.2 Å². The van der Waals surface area contributed by atoms with E-state index in [1.165, 1.54) is 68.4 Å². The number of hydrogen-bond donors (Lipinski definition) is 1. The van der Waals surface area contributed by atoms with Crippen molar-refractivity contribution in [1.82, 2.24) is 10.3 Å². The lowest BCUT2D eigenvalue weighted by atomic mass is 10.0. The molecule has 0 saturated heterocycles. The molecule has 0 aliphatic rings. The third kappa shape index (κ3) is 8.03. The Labute approximate surface area is 205 Å². The average molecular weight is 487 g/mol. The third-order valence-electron chi connectivity index (χ3n) is 5.54. The van der Waals surface area contributed by atoms with E-state index in [1.807, 2.05) is 30.6 Å². The number of aromatic nitrogens is 1. The van der Waals surface area contributed by atoms with E-state index < -0.39 is 0 Å². The first-order chi connectivity index (χ1) is 15.4. The molecule has 2 nitrogen and oxygen atoms in total. The van der Waals surface area contributed by atoms with Crippen molar-refractivity contribution in [3.8, 4) is 0 Å². The molecule has 2 aromatic heterocycles. The highest BCUT2D eigenvalue weighted by molar-refractivity contribution is 7.27. The predicted molar refractivity (Wildman–Crippen MR) is 150 cm³/mol. The Kier molecular flexibility index (Phi) is 11.4. The Hall–Kier alpha value is -1.67. The molecule has 0 saturated carbocycles. The van der Waals surface area contributed by atoms with Crippen molar-refractivity contribution >= 4 is 58.7 Å². The Morgan fingerprint density at radius 2 is 1.88 bits per heavy atom. The summed E-state index contributed by atoms with van der Waals surface area (Å²) >= 11 is 7.94. The first-order valence-corrected chi connectivity index (χ1v) is 13.1. The van der Waals surface area contributed by atoms with E-state index in [1.54, 1.807) is 11.3 Å². The highest BCUT2D eigenvalue weighted by Crippen LogP contribution is 2.34. The second-order valence-corrected chi connectivity index (χ2v) is 10.1. The molecular weight excluding hydrogens is 451 g/mol. The van der Waals surface area contributed by atoms with E-state index in [2.05, 4.69) is 72.4 Å². The van der Waals surface area contributed by atoms with Gasteiger partial charge in [-0.25, -0.2) is 0 Å². The van der Waals surface area contributed by atoms with E-state index in [0.717, 1.165) is 11.6 Å². The van der Waals surface area contributed by atoms with Crippen LogP contribution in [0.15, 0.2) is 54.5 Å². The number of thiophene rings is 1. The van der Waals surface area contributed by atoms with E-state index >= 15 is 0 Å². The van der Waals surface area contributed by atoms with E-state index in [-0.39, 0.29) is 0 Å². The van der Waals surface area contributed by atoms with Crippen molar-refractivity contribution in [3.05, 3.63) is 70.0 Å². The lowest BCUT2D eigenvalue weighted by Crippen LogP contribution is -2.11. The maximum Gasteiger partial charge on any atom is 0.0412 e. The molecule has 1 N–H and O–H groups in total. The summed E-state index contributed by atoms with van der Waals surface area (Å²) in [5.41, 5.74) is 5.01. The summed E-state index contributed by atoms with van der Waals surface area (Å²) in [6.45, 7) is 11.9. The number of fused-ring (bicyclic) bond motifs is 1. The minimum atomic E-state index is 0.767. The highest BCUT2D eigenvalue weighted by Gasteiger charge is 2.10. The minimum Gasteiger partial charge on any atom is -0.389 e. The number of rotatable bonds is 8. The highest BCUT2D eigenvalue weighted by atomic mass is 35.5. The predicted octanol–water partition coefficient (Wildman–Crippen LogP) is 8.48. The quantitative estimate of drug-likeness (QED) is 0.255. The van der Waals surface area contributed by atoms with Gasteiger partial charge in [0.1, 0.15) is 0 Å². The van der Waals surface area contributed by atoms with Crippen molar-refractivity contribution in [2.24, 2.45) is 0 Å². The first kappa shape index (κ1) is 26.6. The Morgan fingerprint density at radius 1 is 1.09 bits per heavy atom. The van der Waals surface area contributed by atoms with Crippen LogP contribution in [0.5, 0.6) is 0 Å². The van der Waals surface area contributed by atoms with Crippen molar-refractivity contribution in [2.45, 2.75) is 60.3 Å². The van der Waals surface area contributed by atoms with Crippen molar-refractivity contribution in [2.75, 3.05) is 6.54 Å². The monoisotopic (exact) mass is 486 g/mol. The zero-order valence-electron chi connectivity index (χ0n) is 20.0. The standard InChI is InChI=1S/C17H15ClNPS.C10H21N/c1-10(14-8-13(18)3-4-15(14)20)11(2)17-7-12-9-19-6-5-16(12)21-17;1-4-6-7-8-9-11-10(3)5-2/h3-9H,20H2,1-2H3;5,11H,4,6-9H2,1-3H3/b11-10-;10-5+. The second kappa shape index (κ2) is 13.8. The summed E-state index contributed by atoms with van der Waals surface area (Å²) < 4.78 is 1.27. The van der Waals surface area contributed by atoms with Gasteiger partial charge in [-0.3, -0.25) is 4.98 Å². The lowest BCUT2D eigenvalue weighted by Gasteiger charge is -2.10. The molecule has 0 radical (unpaired) electrons. The van der Waals surface area contributed by atoms with Crippen LogP contribution in [0.1, 0.15) is 70.7 Å². The van der Waals surface area contributed by atoms with Gasteiger partial charge in [0.15, 0.2) is 0 Å². The summed E-state index contributed by atoms with van der Waals surface area (Å²) in [4.78, 5) is 5.46. The fourth-order valence-corrected chi connectivity index (χ4v) is 4.90. The summed E-state index contributed by atoms with van der Waals surface area (Å²) in [5.74, 6) is 0. The Morgan fingerprint density at radius 3 is 2.56 bits per heavy atom. The summed E-state index contributed by atoms with van der Waals surface area (Å²) in [5, 5.41) is 6.48. The largest absolute Gasteiger partial charge is 0.389 e. The number of nitrogens with one attached hydrogen (secondary N) is 1. The van der Waals surface area contributed by atoms with Gasteiger partial charge in [-0.15, -0.1) is 20.6 Å². The van der Waals surface area contributed by atoms with Gasteiger partial charge in [0, 0.05) is 44.6 Å². The molecule has 0 bridgehead atoms. The van der Waals surface area contributed by atoms with Crippen LogP contribution in [0.3, 0.4) is 0 Å². The molecule has 3 rings (SSSR count). The van der Waals surface area contributed by atoms with Gasteiger partial charge in [0.25, 0.3) is 0 Å². The topological polar surface area (TPSA) is 24.9 Å². The molecule has 1 unspecified atom stereocenters. The zero-order chi connectivity index (χ0) is 23.5. The fourth-order valence-electron chi connectivity index (χ4n) is 3.25. The van der Waals surface area contributed by atoms with Gasteiger partial charge in [-0.05, 0) is 80.4 Å². The van der Waals surface area contributed by atoms with Gasteiger partial charge in [0.05, 0.1) is 0 Å². The molecule has 2 heterocycles. The molecule has 3 aromatic rings. The van der Waals surface area contributed by atoms with Crippen LogP contribution in [0.4, 0.5) is 0 Å². The second-order valence-electron chi connectivity index (χ2n) is 7.96. The number of hydrogen-bond acceptors (Lipinski definition) is 3. The van der Waals surface area contributed by atoms with Gasteiger partial charge in [-0.1, -0.05) is 49.9 Å². The van der Waals surface area contributed by atoms with Gasteiger partial charge >= 0.3 is 0 Å².